The van der Waals surface area contributed by atoms with Crippen LogP contribution in [0.2, 0.25) is 0 Å². The second-order valence-electron chi connectivity index (χ2n) is 5.29. The molecular formula is C12H19N5O3. The highest BCUT2D eigenvalue weighted by atomic mass is 16.4. The van der Waals surface area contributed by atoms with Crippen molar-refractivity contribution in [3.05, 3.63) is 12.2 Å². The Hall–Kier alpha value is -2.12. The van der Waals surface area contributed by atoms with Gasteiger partial charge in [0.2, 0.25) is 0 Å². The smallest absolute Gasteiger partial charge is 0.315 e. The molecule has 8 nitrogen and oxygen atoms in total. The summed E-state index contributed by atoms with van der Waals surface area (Å²) >= 11 is 0. The van der Waals surface area contributed by atoms with Gasteiger partial charge < -0.3 is 15.7 Å². The first-order valence-electron chi connectivity index (χ1n) is 6.57. The van der Waals surface area contributed by atoms with Crippen LogP contribution in [0.5, 0.6) is 0 Å². The average Bonchev–Trinajstić information content (AvgIpc) is 2.75. The fourth-order valence-electron chi connectivity index (χ4n) is 2.37. The summed E-state index contributed by atoms with van der Waals surface area (Å²) in [6.07, 6.45) is 4.39. The Morgan fingerprint density at radius 3 is 2.70 bits per heavy atom. The highest BCUT2D eigenvalue weighted by Crippen LogP contribution is 2.43. The summed E-state index contributed by atoms with van der Waals surface area (Å²) in [5.41, 5.74) is -0.271. The number of hydrogen-bond donors (Lipinski definition) is 3. The minimum absolute atomic E-state index is 0.106. The third-order valence-electron chi connectivity index (χ3n) is 3.62. The summed E-state index contributed by atoms with van der Waals surface area (Å²) in [4.78, 5) is 26.5. The second kappa shape index (κ2) is 5.89. The van der Waals surface area contributed by atoms with Crippen LogP contribution in [0.25, 0.3) is 0 Å². The molecule has 0 spiro atoms. The minimum Gasteiger partial charge on any atom is -0.481 e. The number of carboxylic acid groups (broad SMARTS) is 1. The molecule has 2 rings (SSSR count). The molecular weight excluding hydrogens is 262 g/mol. The number of carbonyl (C=O) groups is 2. The summed E-state index contributed by atoms with van der Waals surface area (Å²) in [5.74, 6) is -0.281. The van der Waals surface area contributed by atoms with Crippen molar-refractivity contribution in [1.82, 2.24) is 25.4 Å². The Morgan fingerprint density at radius 1 is 1.45 bits per heavy atom. The van der Waals surface area contributed by atoms with E-state index in [2.05, 4.69) is 20.7 Å². The Morgan fingerprint density at radius 2 is 2.20 bits per heavy atom. The molecule has 1 aromatic rings. The molecule has 0 radical (unpaired) electrons. The van der Waals surface area contributed by atoms with Gasteiger partial charge in [0.05, 0.1) is 13.0 Å². The van der Waals surface area contributed by atoms with Gasteiger partial charge in [-0.25, -0.2) is 9.78 Å². The van der Waals surface area contributed by atoms with E-state index in [1.807, 2.05) is 0 Å². The summed E-state index contributed by atoms with van der Waals surface area (Å²) in [5, 5.41) is 18.3. The zero-order chi connectivity index (χ0) is 14.6. The summed E-state index contributed by atoms with van der Waals surface area (Å²) in [7, 11) is 1.75. The van der Waals surface area contributed by atoms with Crippen LogP contribution in [0.1, 0.15) is 31.5 Å². The summed E-state index contributed by atoms with van der Waals surface area (Å²) < 4.78 is 1.56. The number of aliphatic carboxylic acids is 1. The predicted molar refractivity (Wildman–Crippen MR) is 69.8 cm³/mol. The molecule has 0 saturated heterocycles. The van der Waals surface area contributed by atoms with Gasteiger partial charge in [-0.15, -0.1) is 0 Å². The van der Waals surface area contributed by atoms with Crippen molar-refractivity contribution in [2.75, 3.05) is 6.54 Å². The molecule has 1 heterocycles. The zero-order valence-corrected chi connectivity index (χ0v) is 11.4. The number of hydrogen-bond acceptors (Lipinski definition) is 4. The number of nitrogens with zero attached hydrogens (tertiary/aromatic N) is 3. The maximum atomic E-state index is 11.7. The quantitative estimate of drug-likeness (QED) is 0.693. The summed E-state index contributed by atoms with van der Waals surface area (Å²) in [6.45, 7) is 0.638. The highest BCUT2D eigenvalue weighted by molar-refractivity contribution is 5.74. The molecule has 0 atom stereocenters. The van der Waals surface area contributed by atoms with E-state index in [9.17, 15) is 9.59 Å². The summed E-state index contributed by atoms with van der Waals surface area (Å²) in [6, 6.07) is -0.325. The third kappa shape index (κ3) is 3.69. The van der Waals surface area contributed by atoms with E-state index in [0.717, 1.165) is 19.3 Å². The lowest BCUT2D eigenvalue weighted by Crippen LogP contribution is -2.46. The highest BCUT2D eigenvalue weighted by Gasteiger charge is 2.39. The Kier molecular flexibility index (Phi) is 4.21. The third-order valence-corrected chi connectivity index (χ3v) is 3.62. The van der Waals surface area contributed by atoms with Gasteiger partial charge in [-0.2, -0.15) is 5.10 Å². The van der Waals surface area contributed by atoms with Crippen LogP contribution in [0.4, 0.5) is 4.79 Å². The van der Waals surface area contributed by atoms with Crippen LogP contribution in [0.3, 0.4) is 0 Å². The number of rotatable bonds is 6. The molecule has 1 aliphatic rings. The van der Waals surface area contributed by atoms with E-state index in [-0.39, 0.29) is 24.4 Å². The Labute approximate surface area is 116 Å². The molecule has 20 heavy (non-hydrogen) atoms. The molecule has 0 bridgehead atoms. The number of amides is 2. The van der Waals surface area contributed by atoms with Crippen LogP contribution in [0, 0.1) is 5.41 Å². The molecule has 3 N–H and O–H groups in total. The topological polar surface area (TPSA) is 109 Å². The molecule has 8 heteroatoms. The number of urea groups is 1. The number of carbonyl (C=O) groups excluding carboxylic acids is 1. The Balaban J connectivity index is 1.73. The molecule has 1 fully saturated rings. The van der Waals surface area contributed by atoms with Crippen LogP contribution in [0.15, 0.2) is 6.33 Å². The monoisotopic (exact) mass is 281 g/mol. The lowest BCUT2D eigenvalue weighted by molar-refractivity contribution is -0.141. The lowest BCUT2D eigenvalue weighted by atomic mass is 9.66. The van der Waals surface area contributed by atoms with Crippen molar-refractivity contribution in [3.63, 3.8) is 0 Å². The van der Waals surface area contributed by atoms with Crippen LogP contribution in [-0.2, 0) is 18.4 Å². The van der Waals surface area contributed by atoms with Gasteiger partial charge in [0, 0.05) is 13.6 Å². The maximum absolute atomic E-state index is 11.7. The molecule has 1 saturated carbocycles. The van der Waals surface area contributed by atoms with E-state index in [0.29, 0.717) is 12.4 Å². The standard InChI is InChI=1S/C12H19N5O3/c1-17-8-15-9(16-17)6-13-11(20)14-7-12(3-2-4-12)5-10(18)19/h8H,2-7H2,1H3,(H,18,19)(H2,13,14,20). The van der Waals surface area contributed by atoms with Gasteiger partial charge in [0.15, 0.2) is 5.82 Å². The molecule has 0 aromatic carbocycles. The maximum Gasteiger partial charge on any atom is 0.315 e. The zero-order valence-electron chi connectivity index (χ0n) is 11.4. The van der Waals surface area contributed by atoms with Crippen molar-refractivity contribution in [3.8, 4) is 0 Å². The molecule has 1 aromatic heterocycles. The second-order valence-corrected chi connectivity index (χ2v) is 5.29. The van der Waals surface area contributed by atoms with Crippen molar-refractivity contribution in [1.29, 1.82) is 0 Å². The normalized spacial score (nSPS) is 16.2. The molecule has 1 aliphatic carbocycles. The van der Waals surface area contributed by atoms with Crippen LogP contribution in [-0.4, -0.2) is 38.4 Å². The fraction of sp³-hybridized carbons (Fsp3) is 0.667. The minimum atomic E-state index is -0.815. The van der Waals surface area contributed by atoms with Gasteiger partial charge in [-0.3, -0.25) is 9.48 Å². The number of aromatic nitrogens is 3. The van der Waals surface area contributed by atoms with E-state index in [1.54, 1.807) is 18.1 Å². The average molecular weight is 281 g/mol. The van der Waals surface area contributed by atoms with Gasteiger partial charge >= 0.3 is 12.0 Å². The fourth-order valence-corrected chi connectivity index (χ4v) is 2.37. The molecule has 0 unspecified atom stereocenters. The largest absolute Gasteiger partial charge is 0.481 e. The van der Waals surface area contributed by atoms with Crippen molar-refractivity contribution >= 4 is 12.0 Å². The van der Waals surface area contributed by atoms with E-state index in [1.165, 1.54) is 0 Å². The van der Waals surface area contributed by atoms with Gasteiger partial charge in [0.1, 0.15) is 6.33 Å². The first-order valence-corrected chi connectivity index (χ1v) is 6.57. The van der Waals surface area contributed by atoms with Crippen LogP contribution < -0.4 is 10.6 Å². The van der Waals surface area contributed by atoms with E-state index in [4.69, 9.17) is 5.11 Å². The number of nitrogens with one attached hydrogen (secondary N) is 2. The molecule has 110 valence electrons. The number of carboxylic acids is 1. The van der Waals surface area contributed by atoms with Gasteiger partial charge in [-0.05, 0) is 18.3 Å². The van der Waals surface area contributed by atoms with Crippen molar-refractivity contribution in [2.45, 2.75) is 32.2 Å². The first-order chi connectivity index (χ1) is 9.49. The van der Waals surface area contributed by atoms with Crippen LogP contribution >= 0.6 is 0 Å². The SMILES string of the molecule is Cn1cnc(CNC(=O)NCC2(CC(=O)O)CCC2)n1. The predicted octanol–water partition coefficient (Wildman–Crippen LogP) is 0.259. The van der Waals surface area contributed by atoms with Gasteiger partial charge in [-0.1, -0.05) is 6.42 Å². The molecule has 2 amide bonds. The first kappa shape index (κ1) is 14.3. The van der Waals surface area contributed by atoms with E-state index < -0.39 is 5.97 Å². The molecule has 0 aliphatic heterocycles. The number of aryl methyl sites for hydroxylation is 1. The van der Waals surface area contributed by atoms with Gasteiger partial charge in [0.25, 0.3) is 0 Å². The van der Waals surface area contributed by atoms with Crippen molar-refractivity contribution in [2.24, 2.45) is 12.5 Å². The lowest BCUT2D eigenvalue weighted by Gasteiger charge is -2.40. The Bertz CT molecular complexity index is 495. The van der Waals surface area contributed by atoms with E-state index >= 15 is 0 Å². The van der Waals surface area contributed by atoms with Crippen molar-refractivity contribution < 1.29 is 14.7 Å².